The molecule has 6 heteroatoms. The fraction of sp³-hybridized carbons (Fsp3) is 0.235. The average Bonchev–Trinajstić information content (AvgIpc) is 2.55. The van der Waals surface area contributed by atoms with Crippen molar-refractivity contribution < 1.29 is 18.7 Å². The number of fused-ring (bicyclic) bond motifs is 1. The summed E-state index contributed by atoms with van der Waals surface area (Å²) in [6.07, 6.45) is 3.61. The van der Waals surface area contributed by atoms with Gasteiger partial charge in [0.1, 0.15) is 11.1 Å². The van der Waals surface area contributed by atoms with Gasteiger partial charge in [-0.05, 0) is 31.0 Å². The van der Waals surface area contributed by atoms with Crippen molar-refractivity contribution >= 4 is 29.1 Å². The van der Waals surface area contributed by atoms with Crippen LogP contribution >= 0.6 is 0 Å². The molecule has 23 heavy (non-hydrogen) atoms. The summed E-state index contributed by atoms with van der Waals surface area (Å²) in [6.45, 7) is 3.92. The molecule has 0 saturated carbocycles. The van der Waals surface area contributed by atoms with Gasteiger partial charge in [0.05, 0.1) is 12.0 Å². The SMILES string of the molecule is CCOC(=O)C=CNc1oc2ccc(CC)cc2c(=O)c1C=O. The number of rotatable bonds is 6. The van der Waals surface area contributed by atoms with E-state index in [1.165, 1.54) is 6.20 Å². The molecule has 2 rings (SSSR count). The lowest BCUT2D eigenvalue weighted by Gasteiger charge is -2.06. The van der Waals surface area contributed by atoms with Gasteiger partial charge in [-0.15, -0.1) is 0 Å². The predicted octanol–water partition coefficient (Wildman–Crippen LogP) is 2.66. The van der Waals surface area contributed by atoms with Gasteiger partial charge in [-0.1, -0.05) is 13.0 Å². The summed E-state index contributed by atoms with van der Waals surface area (Å²) in [5.74, 6) is -0.550. The third kappa shape index (κ3) is 3.66. The smallest absolute Gasteiger partial charge is 0.332 e. The number of nitrogens with one attached hydrogen (secondary N) is 1. The molecule has 0 radical (unpaired) electrons. The zero-order chi connectivity index (χ0) is 16.8. The maximum absolute atomic E-state index is 12.4. The first-order valence-electron chi connectivity index (χ1n) is 7.25. The van der Waals surface area contributed by atoms with Gasteiger partial charge >= 0.3 is 5.97 Å². The van der Waals surface area contributed by atoms with Gasteiger partial charge in [-0.25, -0.2) is 4.79 Å². The molecule has 0 saturated heterocycles. The van der Waals surface area contributed by atoms with Gasteiger partial charge in [0, 0.05) is 12.3 Å². The van der Waals surface area contributed by atoms with E-state index in [2.05, 4.69) is 5.32 Å². The average molecular weight is 315 g/mol. The van der Waals surface area contributed by atoms with Crippen LogP contribution in [0.3, 0.4) is 0 Å². The van der Waals surface area contributed by atoms with Crippen LogP contribution in [0.4, 0.5) is 5.88 Å². The monoisotopic (exact) mass is 315 g/mol. The molecule has 0 spiro atoms. The summed E-state index contributed by atoms with van der Waals surface area (Å²) in [5, 5.41) is 2.99. The summed E-state index contributed by atoms with van der Waals surface area (Å²) in [6, 6.07) is 5.25. The van der Waals surface area contributed by atoms with Crippen LogP contribution in [0.1, 0.15) is 29.8 Å². The van der Waals surface area contributed by atoms with Crippen LogP contribution in [0.2, 0.25) is 0 Å². The number of esters is 1. The Balaban J connectivity index is 2.42. The number of ether oxygens (including phenoxy) is 1. The molecule has 1 N–H and O–H groups in total. The van der Waals surface area contributed by atoms with Gasteiger partial charge in [0.25, 0.3) is 0 Å². The van der Waals surface area contributed by atoms with Crippen LogP contribution in [0.25, 0.3) is 11.0 Å². The molecular formula is C17H17NO5. The highest BCUT2D eigenvalue weighted by molar-refractivity contribution is 5.90. The minimum absolute atomic E-state index is 0.0118. The van der Waals surface area contributed by atoms with E-state index < -0.39 is 11.4 Å². The first-order chi connectivity index (χ1) is 11.1. The Morgan fingerprint density at radius 1 is 1.35 bits per heavy atom. The molecule has 0 aliphatic heterocycles. The summed E-state index contributed by atoms with van der Waals surface area (Å²) < 4.78 is 10.3. The molecule has 0 aliphatic rings. The van der Waals surface area contributed by atoms with Crippen LogP contribution in [0.15, 0.2) is 39.7 Å². The molecule has 0 amide bonds. The van der Waals surface area contributed by atoms with Crippen LogP contribution in [-0.2, 0) is 16.0 Å². The third-order valence-electron chi connectivity index (χ3n) is 3.24. The fourth-order valence-corrected chi connectivity index (χ4v) is 2.07. The highest BCUT2D eigenvalue weighted by Gasteiger charge is 2.13. The normalized spacial score (nSPS) is 10.9. The molecule has 0 aliphatic carbocycles. The van der Waals surface area contributed by atoms with Gasteiger partial charge in [-0.3, -0.25) is 9.59 Å². The van der Waals surface area contributed by atoms with Crippen molar-refractivity contribution in [2.24, 2.45) is 0 Å². The Morgan fingerprint density at radius 2 is 2.13 bits per heavy atom. The standard InChI is InChI=1S/C17H17NO5/c1-3-11-5-6-14-12(9-11)16(21)13(10-19)17(23-14)18-8-7-15(20)22-4-2/h5-10,18H,3-4H2,1-2H3. The second-order valence-corrected chi connectivity index (χ2v) is 4.71. The van der Waals surface area contributed by atoms with E-state index in [1.54, 1.807) is 19.1 Å². The maximum Gasteiger partial charge on any atom is 0.332 e. The zero-order valence-corrected chi connectivity index (χ0v) is 12.9. The number of anilines is 1. The molecule has 2 aromatic rings. The Kier molecular flexibility index (Phi) is 5.30. The molecule has 0 bridgehead atoms. The first kappa shape index (κ1) is 16.5. The van der Waals surface area contributed by atoms with Crippen molar-refractivity contribution in [3.8, 4) is 0 Å². The molecule has 0 atom stereocenters. The molecule has 1 aromatic heterocycles. The second-order valence-electron chi connectivity index (χ2n) is 4.71. The Hall–Kier alpha value is -2.89. The molecule has 1 aromatic carbocycles. The van der Waals surface area contributed by atoms with Crippen molar-refractivity contribution in [3.05, 3.63) is 51.8 Å². The van der Waals surface area contributed by atoms with E-state index in [1.807, 2.05) is 13.0 Å². The third-order valence-corrected chi connectivity index (χ3v) is 3.24. The van der Waals surface area contributed by atoms with E-state index >= 15 is 0 Å². The van der Waals surface area contributed by atoms with E-state index in [9.17, 15) is 14.4 Å². The number of hydrogen-bond donors (Lipinski definition) is 1. The summed E-state index contributed by atoms with van der Waals surface area (Å²) in [7, 11) is 0. The van der Waals surface area contributed by atoms with Crippen molar-refractivity contribution in [3.63, 3.8) is 0 Å². The molecule has 120 valence electrons. The second kappa shape index (κ2) is 7.40. The van der Waals surface area contributed by atoms with Crippen LogP contribution in [-0.4, -0.2) is 18.9 Å². The van der Waals surface area contributed by atoms with Crippen LogP contribution in [0, 0.1) is 0 Å². The highest BCUT2D eigenvalue weighted by Crippen LogP contribution is 2.20. The van der Waals surface area contributed by atoms with Crippen molar-refractivity contribution in [2.45, 2.75) is 20.3 Å². The molecule has 0 fully saturated rings. The van der Waals surface area contributed by atoms with E-state index in [4.69, 9.17) is 9.15 Å². The van der Waals surface area contributed by atoms with E-state index in [-0.39, 0.29) is 18.1 Å². The highest BCUT2D eigenvalue weighted by atomic mass is 16.5. The lowest BCUT2D eigenvalue weighted by Crippen LogP contribution is -2.12. The Bertz CT molecular complexity index is 820. The largest absolute Gasteiger partial charge is 0.463 e. The summed E-state index contributed by atoms with van der Waals surface area (Å²) >= 11 is 0. The van der Waals surface area contributed by atoms with Crippen LogP contribution in [0.5, 0.6) is 0 Å². The Morgan fingerprint density at radius 3 is 2.78 bits per heavy atom. The minimum atomic E-state index is -0.539. The summed E-state index contributed by atoms with van der Waals surface area (Å²) in [5.41, 5.74) is 0.803. The van der Waals surface area contributed by atoms with Gasteiger partial charge in [-0.2, -0.15) is 0 Å². The van der Waals surface area contributed by atoms with Crippen molar-refractivity contribution in [1.82, 2.24) is 0 Å². The Labute approximate surface area is 132 Å². The van der Waals surface area contributed by atoms with Gasteiger partial charge < -0.3 is 14.5 Å². The fourth-order valence-electron chi connectivity index (χ4n) is 2.07. The molecule has 6 nitrogen and oxygen atoms in total. The van der Waals surface area contributed by atoms with E-state index in [0.29, 0.717) is 17.3 Å². The lowest BCUT2D eigenvalue weighted by atomic mass is 10.1. The number of aryl methyl sites for hydroxylation is 1. The number of benzene rings is 1. The molecule has 1 heterocycles. The first-order valence-corrected chi connectivity index (χ1v) is 7.25. The topological polar surface area (TPSA) is 85.6 Å². The number of carbonyl (C=O) groups excluding carboxylic acids is 2. The number of hydrogen-bond acceptors (Lipinski definition) is 6. The van der Waals surface area contributed by atoms with E-state index in [0.717, 1.165) is 18.1 Å². The van der Waals surface area contributed by atoms with Crippen molar-refractivity contribution in [2.75, 3.05) is 11.9 Å². The molecule has 0 unspecified atom stereocenters. The van der Waals surface area contributed by atoms with Gasteiger partial charge in [0.2, 0.25) is 11.3 Å². The van der Waals surface area contributed by atoms with Crippen LogP contribution < -0.4 is 10.7 Å². The number of carbonyl (C=O) groups is 2. The quantitative estimate of drug-likeness (QED) is 0.501. The van der Waals surface area contributed by atoms with Crippen molar-refractivity contribution in [1.29, 1.82) is 0 Å². The maximum atomic E-state index is 12.4. The predicted molar refractivity (Wildman–Crippen MR) is 86.6 cm³/mol. The zero-order valence-electron chi connectivity index (χ0n) is 12.9. The summed E-state index contributed by atoms with van der Waals surface area (Å²) in [4.78, 5) is 34.9. The minimum Gasteiger partial charge on any atom is -0.463 e. The molecular weight excluding hydrogens is 298 g/mol. The number of aldehydes is 1. The van der Waals surface area contributed by atoms with Gasteiger partial charge in [0.15, 0.2) is 6.29 Å². The lowest BCUT2D eigenvalue weighted by molar-refractivity contribution is -0.137.